The molecule has 0 amide bonds. The van der Waals surface area contributed by atoms with E-state index in [1.165, 1.54) is 19.2 Å². The number of hydrogen-bond acceptors (Lipinski definition) is 6. The van der Waals surface area contributed by atoms with E-state index in [2.05, 4.69) is 14.8 Å². The topological polar surface area (TPSA) is 77.3 Å². The quantitative estimate of drug-likeness (QED) is 0.450. The summed E-state index contributed by atoms with van der Waals surface area (Å²) in [7, 11) is 4.48. The molecule has 2 rings (SSSR count). The van der Waals surface area contributed by atoms with E-state index in [0.717, 1.165) is 30.1 Å². The van der Waals surface area contributed by atoms with E-state index >= 15 is 0 Å². The number of aryl methyl sites for hydroxylation is 1. The first kappa shape index (κ1) is 20.1. The van der Waals surface area contributed by atoms with Crippen molar-refractivity contribution in [3.63, 3.8) is 0 Å². The highest BCUT2D eigenvalue weighted by molar-refractivity contribution is 6.10. The Balaban J connectivity index is 2.68. The Bertz CT molecular complexity index is 901. The van der Waals surface area contributed by atoms with Gasteiger partial charge in [-0.05, 0) is 19.1 Å². The van der Waals surface area contributed by atoms with Gasteiger partial charge in [-0.2, -0.15) is 18.3 Å². The third-order valence-electron chi connectivity index (χ3n) is 3.42. The van der Waals surface area contributed by atoms with Gasteiger partial charge in [0.05, 0.1) is 18.9 Å². The normalized spacial score (nSPS) is 11.7. The lowest BCUT2D eigenvalue weighted by molar-refractivity contribution is -0.137. The number of halogens is 3. The predicted octanol–water partition coefficient (Wildman–Crippen LogP) is 2.64. The van der Waals surface area contributed by atoms with E-state index in [1.807, 2.05) is 0 Å². The minimum absolute atomic E-state index is 0.0807. The average Bonchev–Trinajstić information content (AvgIpc) is 3.02. The van der Waals surface area contributed by atoms with Gasteiger partial charge in [-0.25, -0.2) is 14.5 Å². The Labute approximate surface area is 153 Å². The zero-order valence-corrected chi connectivity index (χ0v) is 15.0. The highest BCUT2D eigenvalue weighted by Crippen LogP contribution is 2.31. The van der Waals surface area contributed by atoms with Crippen molar-refractivity contribution in [3.05, 3.63) is 53.1 Å². The largest absolute Gasteiger partial charge is 0.465 e. The molecule has 7 nitrogen and oxygen atoms in total. The molecule has 0 radical (unpaired) electrons. The highest BCUT2D eigenvalue weighted by Gasteiger charge is 2.32. The summed E-state index contributed by atoms with van der Waals surface area (Å²) in [5.41, 5.74) is -1.28. The summed E-state index contributed by atoms with van der Waals surface area (Å²) in [6, 6.07) is 1.63. The van der Waals surface area contributed by atoms with Crippen LogP contribution in [0.25, 0.3) is 5.82 Å². The average molecular weight is 382 g/mol. The van der Waals surface area contributed by atoms with Crippen LogP contribution in [0.4, 0.5) is 13.2 Å². The van der Waals surface area contributed by atoms with Crippen LogP contribution in [0.3, 0.4) is 0 Å². The summed E-state index contributed by atoms with van der Waals surface area (Å²) in [6.07, 6.45) is -0.943. The molecule has 0 aromatic carbocycles. The minimum atomic E-state index is -4.60. The van der Waals surface area contributed by atoms with Gasteiger partial charge in [-0.15, -0.1) is 0 Å². The van der Waals surface area contributed by atoms with Crippen molar-refractivity contribution in [1.82, 2.24) is 19.7 Å². The molecule has 0 bridgehead atoms. The van der Waals surface area contributed by atoms with E-state index in [0.29, 0.717) is 0 Å². The van der Waals surface area contributed by atoms with Crippen molar-refractivity contribution < 1.29 is 27.5 Å². The van der Waals surface area contributed by atoms with Gasteiger partial charge in [-0.3, -0.25) is 4.79 Å². The van der Waals surface area contributed by atoms with E-state index in [-0.39, 0.29) is 22.8 Å². The summed E-state index contributed by atoms with van der Waals surface area (Å²) >= 11 is 0. The maximum absolute atomic E-state index is 13.1. The fraction of sp³-hybridized carbons (Fsp3) is 0.294. The highest BCUT2D eigenvalue weighted by atomic mass is 19.4. The molecule has 0 spiro atoms. The Morgan fingerprint density at radius 1 is 1.26 bits per heavy atom. The van der Waals surface area contributed by atoms with Crippen LogP contribution in [0.1, 0.15) is 32.1 Å². The van der Waals surface area contributed by atoms with Crippen molar-refractivity contribution in [2.45, 2.75) is 13.1 Å². The first-order valence-electron chi connectivity index (χ1n) is 7.66. The molecule has 0 aliphatic rings. The third kappa shape index (κ3) is 4.52. The van der Waals surface area contributed by atoms with Crippen molar-refractivity contribution >= 4 is 11.8 Å². The molecular weight excluding hydrogens is 365 g/mol. The molecule has 0 N–H and O–H groups in total. The molecule has 0 aliphatic heterocycles. The molecule has 0 atom stereocenters. The van der Waals surface area contributed by atoms with Crippen LogP contribution in [0.2, 0.25) is 0 Å². The predicted molar refractivity (Wildman–Crippen MR) is 89.6 cm³/mol. The van der Waals surface area contributed by atoms with Crippen LogP contribution in [0.15, 0.2) is 30.6 Å². The Kier molecular flexibility index (Phi) is 5.67. The standard InChI is InChI=1S/C17H17F3N4O3/c1-10-7-11(17(18,19)20)8-14(22-10)24-15(13(25)5-6-23(2)3)12(9-21-24)16(26)27-4/h5-9H,1-4H3. The molecule has 144 valence electrons. The number of carbonyl (C=O) groups is 2. The lowest BCUT2D eigenvalue weighted by atomic mass is 10.1. The van der Waals surface area contributed by atoms with E-state index in [4.69, 9.17) is 0 Å². The molecule has 10 heteroatoms. The summed E-state index contributed by atoms with van der Waals surface area (Å²) in [5, 5.41) is 3.89. The second kappa shape index (κ2) is 7.60. The summed E-state index contributed by atoms with van der Waals surface area (Å²) in [6.45, 7) is 1.39. The smallest absolute Gasteiger partial charge is 0.416 e. The second-order valence-corrected chi connectivity index (χ2v) is 5.81. The number of hydrogen-bond donors (Lipinski definition) is 0. The zero-order valence-electron chi connectivity index (χ0n) is 15.0. The number of ketones is 1. The van der Waals surface area contributed by atoms with Gasteiger partial charge < -0.3 is 9.64 Å². The van der Waals surface area contributed by atoms with Crippen LogP contribution in [-0.2, 0) is 10.9 Å². The molecule has 0 unspecified atom stereocenters. The van der Waals surface area contributed by atoms with Gasteiger partial charge in [0.25, 0.3) is 0 Å². The van der Waals surface area contributed by atoms with Crippen molar-refractivity contribution in [3.8, 4) is 5.82 Å². The number of carbonyl (C=O) groups excluding carboxylic acids is 2. The summed E-state index contributed by atoms with van der Waals surface area (Å²) in [5.74, 6) is -1.72. The summed E-state index contributed by atoms with van der Waals surface area (Å²) < 4.78 is 44.8. The first-order chi connectivity index (χ1) is 12.5. The third-order valence-corrected chi connectivity index (χ3v) is 3.42. The molecule has 27 heavy (non-hydrogen) atoms. The van der Waals surface area contributed by atoms with Gasteiger partial charge in [-0.1, -0.05) is 0 Å². The first-order valence-corrected chi connectivity index (χ1v) is 7.66. The SMILES string of the molecule is COC(=O)c1cnn(-c2cc(C(F)(F)F)cc(C)n2)c1C(=O)C=CN(C)C. The molecule has 0 saturated carbocycles. The van der Waals surface area contributed by atoms with E-state index in [1.54, 1.807) is 19.0 Å². The number of nitrogens with zero attached hydrogens (tertiary/aromatic N) is 4. The minimum Gasteiger partial charge on any atom is -0.465 e. The monoisotopic (exact) mass is 382 g/mol. The lowest BCUT2D eigenvalue weighted by Crippen LogP contribution is -2.16. The van der Waals surface area contributed by atoms with Gasteiger partial charge in [0.1, 0.15) is 11.3 Å². The maximum Gasteiger partial charge on any atom is 0.416 e. The molecule has 2 aromatic rings. The van der Waals surface area contributed by atoms with Crippen LogP contribution >= 0.6 is 0 Å². The zero-order chi connectivity index (χ0) is 20.4. The van der Waals surface area contributed by atoms with E-state index in [9.17, 15) is 22.8 Å². The van der Waals surface area contributed by atoms with Crippen LogP contribution in [-0.4, -0.2) is 52.6 Å². The fourth-order valence-electron chi connectivity index (χ4n) is 2.24. The number of ether oxygens (including phenoxy) is 1. The van der Waals surface area contributed by atoms with E-state index < -0.39 is 23.5 Å². The number of rotatable bonds is 5. The fourth-order valence-corrected chi connectivity index (χ4v) is 2.24. The second-order valence-electron chi connectivity index (χ2n) is 5.81. The van der Waals surface area contributed by atoms with Crippen LogP contribution < -0.4 is 0 Å². The van der Waals surface area contributed by atoms with Crippen LogP contribution in [0.5, 0.6) is 0 Å². The number of methoxy groups -OCH3 is 1. The number of aromatic nitrogens is 3. The molecule has 0 saturated heterocycles. The number of pyridine rings is 1. The van der Waals surface area contributed by atoms with Crippen molar-refractivity contribution in [1.29, 1.82) is 0 Å². The van der Waals surface area contributed by atoms with Gasteiger partial charge in [0.15, 0.2) is 5.82 Å². The molecule has 0 fully saturated rings. The Hall–Kier alpha value is -3.17. The van der Waals surface area contributed by atoms with Gasteiger partial charge in [0, 0.05) is 32.1 Å². The van der Waals surface area contributed by atoms with Gasteiger partial charge >= 0.3 is 12.1 Å². The van der Waals surface area contributed by atoms with Crippen molar-refractivity contribution in [2.24, 2.45) is 0 Å². The Morgan fingerprint density at radius 3 is 2.48 bits per heavy atom. The lowest BCUT2D eigenvalue weighted by Gasteiger charge is -2.12. The van der Waals surface area contributed by atoms with Gasteiger partial charge in [0.2, 0.25) is 5.78 Å². The summed E-state index contributed by atoms with van der Waals surface area (Å²) in [4.78, 5) is 30.1. The molecular formula is C17H17F3N4O3. The van der Waals surface area contributed by atoms with Crippen LogP contribution in [0, 0.1) is 6.92 Å². The maximum atomic E-state index is 13.1. The Morgan fingerprint density at radius 2 is 1.93 bits per heavy atom. The number of alkyl halides is 3. The number of esters is 1. The molecule has 2 aromatic heterocycles. The molecule has 2 heterocycles. The molecule has 0 aliphatic carbocycles. The number of allylic oxidation sites excluding steroid dienone is 1. The van der Waals surface area contributed by atoms with Crippen molar-refractivity contribution in [2.75, 3.05) is 21.2 Å².